The van der Waals surface area contributed by atoms with Gasteiger partial charge in [-0.25, -0.2) is 0 Å². The summed E-state index contributed by atoms with van der Waals surface area (Å²) < 4.78 is 0. The molecule has 2 saturated heterocycles. The van der Waals surface area contributed by atoms with Gasteiger partial charge in [0.2, 0.25) is 11.8 Å². The Morgan fingerprint density at radius 1 is 1.10 bits per heavy atom. The zero-order chi connectivity index (χ0) is 15.2. The zero-order valence-corrected chi connectivity index (χ0v) is 12.4. The first-order valence-electron chi connectivity index (χ1n) is 7.86. The van der Waals surface area contributed by atoms with E-state index in [0.29, 0.717) is 25.9 Å². The second-order valence-electron chi connectivity index (χ2n) is 6.00. The molecule has 2 aliphatic heterocycles. The maximum Gasteiger partial charge on any atom is 0.308 e. The molecule has 1 atom stereocenters. The number of amides is 2. The van der Waals surface area contributed by atoms with Gasteiger partial charge in [-0.2, -0.15) is 0 Å². The molecular weight excluding hydrogens is 272 g/mol. The molecule has 0 aromatic heterocycles. The number of piperidine rings is 1. The Morgan fingerprint density at radius 3 is 2.62 bits per heavy atom. The predicted molar refractivity (Wildman–Crippen MR) is 76.6 cm³/mol. The molecular formula is C15H24N2O4. The first-order chi connectivity index (χ1) is 10.1. The Bertz CT molecular complexity index is 410. The number of aliphatic carboxylic acids is 1. The highest BCUT2D eigenvalue weighted by Crippen LogP contribution is 2.18. The average Bonchev–Trinajstić information content (AvgIpc) is 2.47. The zero-order valence-electron chi connectivity index (χ0n) is 12.4. The molecule has 0 aromatic carbocycles. The lowest BCUT2D eigenvalue weighted by Crippen LogP contribution is -2.48. The molecule has 118 valence electrons. The predicted octanol–water partition coefficient (Wildman–Crippen LogP) is 1.10. The van der Waals surface area contributed by atoms with E-state index in [1.54, 1.807) is 9.80 Å². The van der Waals surface area contributed by atoms with Crippen LogP contribution in [-0.2, 0) is 14.4 Å². The molecule has 0 aromatic rings. The molecule has 0 radical (unpaired) electrons. The fourth-order valence-corrected chi connectivity index (χ4v) is 3.05. The number of carboxylic acids is 1. The van der Waals surface area contributed by atoms with Crippen molar-refractivity contribution in [3.05, 3.63) is 0 Å². The SMILES string of the molecule is O=C(O)C1CCCN(C(=O)CN2CCCCCCC2=O)C1. The van der Waals surface area contributed by atoms with Crippen LogP contribution in [0.1, 0.15) is 44.9 Å². The summed E-state index contributed by atoms with van der Waals surface area (Å²) in [4.78, 5) is 38.6. The van der Waals surface area contributed by atoms with E-state index in [-0.39, 0.29) is 24.9 Å². The average molecular weight is 296 g/mol. The van der Waals surface area contributed by atoms with E-state index in [4.69, 9.17) is 5.11 Å². The molecule has 2 fully saturated rings. The highest BCUT2D eigenvalue weighted by molar-refractivity contribution is 5.85. The molecule has 6 nitrogen and oxygen atoms in total. The summed E-state index contributed by atoms with van der Waals surface area (Å²) in [7, 11) is 0. The fraction of sp³-hybridized carbons (Fsp3) is 0.800. The second-order valence-corrected chi connectivity index (χ2v) is 6.00. The molecule has 6 heteroatoms. The van der Waals surface area contributed by atoms with Crippen LogP contribution >= 0.6 is 0 Å². The Hall–Kier alpha value is -1.59. The number of carbonyl (C=O) groups is 3. The lowest BCUT2D eigenvalue weighted by Gasteiger charge is -2.33. The van der Waals surface area contributed by atoms with Crippen molar-refractivity contribution in [1.29, 1.82) is 0 Å². The van der Waals surface area contributed by atoms with E-state index in [1.807, 2.05) is 0 Å². The molecule has 2 heterocycles. The van der Waals surface area contributed by atoms with E-state index < -0.39 is 11.9 Å². The summed E-state index contributed by atoms with van der Waals surface area (Å²) in [5.41, 5.74) is 0. The number of carbonyl (C=O) groups excluding carboxylic acids is 2. The molecule has 2 rings (SSSR count). The standard InChI is InChI=1S/C15H24N2O4/c18-13-7-3-1-2-4-8-17(13)11-14(19)16-9-5-6-12(10-16)15(20)21/h12H,1-11H2,(H,20,21). The van der Waals surface area contributed by atoms with Gasteiger partial charge >= 0.3 is 5.97 Å². The van der Waals surface area contributed by atoms with Gasteiger partial charge in [-0.15, -0.1) is 0 Å². The van der Waals surface area contributed by atoms with Gasteiger partial charge < -0.3 is 14.9 Å². The summed E-state index contributed by atoms with van der Waals surface area (Å²) in [5, 5.41) is 9.07. The first-order valence-corrected chi connectivity index (χ1v) is 7.86. The van der Waals surface area contributed by atoms with Crippen molar-refractivity contribution in [3.63, 3.8) is 0 Å². The maximum atomic E-state index is 12.3. The number of hydrogen-bond acceptors (Lipinski definition) is 3. The molecule has 2 amide bonds. The van der Waals surface area contributed by atoms with E-state index >= 15 is 0 Å². The Kier molecular flexibility index (Phi) is 5.59. The summed E-state index contributed by atoms with van der Waals surface area (Å²) in [6.45, 7) is 1.62. The minimum absolute atomic E-state index is 0.0508. The summed E-state index contributed by atoms with van der Waals surface area (Å²) in [6, 6.07) is 0. The number of likely N-dealkylation sites (tertiary alicyclic amines) is 2. The monoisotopic (exact) mass is 296 g/mol. The smallest absolute Gasteiger partial charge is 0.308 e. The van der Waals surface area contributed by atoms with Crippen molar-refractivity contribution < 1.29 is 19.5 Å². The van der Waals surface area contributed by atoms with E-state index in [9.17, 15) is 14.4 Å². The van der Waals surface area contributed by atoms with Crippen LogP contribution in [-0.4, -0.2) is 58.9 Å². The van der Waals surface area contributed by atoms with Gasteiger partial charge in [-0.3, -0.25) is 14.4 Å². The number of carboxylic acid groups (broad SMARTS) is 1. The van der Waals surface area contributed by atoms with Gasteiger partial charge in [0.25, 0.3) is 0 Å². The topological polar surface area (TPSA) is 77.9 Å². The fourth-order valence-electron chi connectivity index (χ4n) is 3.05. The molecule has 1 unspecified atom stereocenters. The maximum absolute atomic E-state index is 12.3. The summed E-state index contributed by atoms with van der Waals surface area (Å²) in [6.07, 6.45) is 5.89. The van der Waals surface area contributed by atoms with Gasteiger partial charge in [0.15, 0.2) is 0 Å². The number of hydrogen-bond donors (Lipinski definition) is 1. The van der Waals surface area contributed by atoms with Crippen LogP contribution in [0.5, 0.6) is 0 Å². The highest BCUT2D eigenvalue weighted by atomic mass is 16.4. The number of rotatable bonds is 3. The van der Waals surface area contributed by atoms with E-state index in [2.05, 4.69) is 0 Å². The highest BCUT2D eigenvalue weighted by Gasteiger charge is 2.29. The third-order valence-electron chi connectivity index (χ3n) is 4.37. The minimum Gasteiger partial charge on any atom is -0.481 e. The van der Waals surface area contributed by atoms with E-state index in [1.165, 1.54) is 0 Å². The first kappa shape index (κ1) is 15.8. The van der Waals surface area contributed by atoms with Crippen molar-refractivity contribution in [3.8, 4) is 0 Å². The van der Waals surface area contributed by atoms with Crippen LogP contribution < -0.4 is 0 Å². The van der Waals surface area contributed by atoms with Crippen LogP contribution in [0, 0.1) is 5.92 Å². The van der Waals surface area contributed by atoms with Gasteiger partial charge in [-0.05, 0) is 25.7 Å². The molecule has 1 N–H and O–H groups in total. The molecule has 21 heavy (non-hydrogen) atoms. The third-order valence-corrected chi connectivity index (χ3v) is 4.37. The van der Waals surface area contributed by atoms with Crippen molar-refractivity contribution >= 4 is 17.8 Å². The van der Waals surface area contributed by atoms with Crippen molar-refractivity contribution in [2.75, 3.05) is 26.2 Å². The molecule has 0 bridgehead atoms. The lowest BCUT2D eigenvalue weighted by molar-refractivity contribution is -0.147. The summed E-state index contributed by atoms with van der Waals surface area (Å²) >= 11 is 0. The quantitative estimate of drug-likeness (QED) is 0.846. The third kappa shape index (κ3) is 4.44. The van der Waals surface area contributed by atoms with Gasteiger partial charge in [-0.1, -0.05) is 12.8 Å². The van der Waals surface area contributed by atoms with Crippen LogP contribution in [0.15, 0.2) is 0 Å². The second kappa shape index (κ2) is 7.43. The van der Waals surface area contributed by atoms with Crippen LogP contribution in [0.2, 0.25) is 0 Å². The van der Waals surface area contributed by atoms with Crippen molar-refractivity contribution in [1.82, 2.24) is 9.80 Å². The van der Waals surface area contributed by atoms with Crippen molar-refractivity contribution in [2.45, 2.75) is 44.9 Å². The minimum atomic E-state index is -0.838. The molecule has 0 aliphatic carbocycles. The Morgan fingerprint density at radius 2 is 1.86 bits per heavy atom. The molecule has 2 aliphatic rings. The summed E-state index contributed by atoms with van der Waals surface area (Å²) in [5.74, 6) is -1.37. The van der Waals surface area contributed by atoms with Crippen LogP contribution in [0.4, 0.5) is 0 Å². The van der Waals surface area contributed by atoms with Gasteiger partial charge in [0, 0.05) is 26.1 Å². The van der Waals surface area contributed by atoms with Crippen LogP contribution in [0.25, 0.3) is 0 Å². The Labute approximate surface area is 125 Å². The normalized spacial score (nSPS) is 24.4. The lowest BCUT2D eigenvalue weighted by atomic mass is 9.98. The number of nitrogens with zero attached hydrogens (tertiary/aromatic N) is 2. The van der Waals surface area contributed by atoms with E-state index in [0.717, 1.165) is 32.1 Å². The van der Waals surface area contributed by atoms with Gasteiger partial charge in [0.1, 0.15) is 0 Å². The largest absolute Gasteiger partial charge is 0.481 e. The van der Waals surface area contributed by atoms with Gasteiger partial charge in [0.05, 0.1) is 12.5 Å². The molecule has 0 spiro atoms. The van der Waals surface area contributed by atoms with Crippen molar-refractivity contribution in [2.24, 2.45) is 5.92 Å². The van der Waals surface area contributed by atoms with Crippen LogP contribution in [0.3, 0.4) is 0 Å². The molecule has 0 saturated carbocycles. The Balaban J connectivity index is 1.89.